The zero-order valence-electron chi connectivity index (χ0n) is 21.6. The van der Waals surface area contributed by atoms with Crippen molar-refractivity contribution < 1.29 is 34.0 Å². The van der Waals surface area contributed by atoms with E-state index in [4.69, 9.17) is 14.2 Å². The molecule has 0 radical (unpaired) electrons. The Kier molecular flexibility index (Phi) is 9.30. The maximum absolute atomic E-state index is 13.4. The monoisotopic (exact) mass is 588 g/mol. The van der Waals surface area contributed by atoms with Crippen molar-refractivity contribution in [1.82, 2.24) is 9.80 Å². The molecule has 1 unspecified atom stereocenters. The molecule has 0 aliphatic carbocycles. The Morgan fingerprint density at radius 1 is 1.16 bits per heavy atom. The fraction of sp³-hybridized carbons (Fsp3) is 0.429. The molecule has 2 aliphatic rings. The van der Waals surface area contributed by atoms with Crippen LogP contribution in [0.15, 0.2) is 46.4 Å². The fourth-order valence-electron chi connectivity index (χ4n) is 4.76. The van der Waals surface area contributed by atoms with Gasteiger partial charge in [0.15, 0.2) is 11.5 Å². The molecule has 4 rings (SSSR count). The second-order valence-electron chi connectivity index (χ2n) is 9.23. The minimum atomic E-state index is -0.870. The van der Waals surface area contributed by atoms with Crippen LogP contribution in [-0.2, 0) is 14.3 Å². The van der Waals surface area contributed by atoms with Crippen molar-refractivity contribution in [2.75, 3.05) is 53.1 Å². The Balaban J connectivity index is 1.74. The number of carbonyl (C=O) groups is 2. The molecule has 10 heteroatoms. The third kappa shape index (κ3) is 5.98. The Labute approximate surface area is 230 Å². The van der Waals surface area contributed by atoms with E-state index >= 15 is 0 Å². The van der Waals surface area contributed by atoms with Crippen molar-refractivity contribution >= 4 is 33.4 Å². The number of likely N-dealkylation sites (tertiary alicyclic amines) is 1. The van der Waals surface area contributed by atoms with Gasteiger partial charge in [-0.05, 0) is 58.6 Å². The number of Topliss-reactive ketones (excluding diaryl/α,β-unsaturated/α-hetero) is 1. The number of hydrogen-bond donors (Lipinski definition) is 2. The molecule has 2 aromatic carbocycles. The molecule has 0 spiro atoms. The van der Waals surface area contributed by atoms with Gasteiger partial charge in [-0.25, -0.2) is 0 Å². The quantitative estimate of drug-likeness (QED) is 0.243. The number of hydrogen-bond acceptors (Lipinski definition) is 8. The summed E-state index contributed by atoms with van der Waals surface area (Å²) < 4.78 is 16.8. The van der Waals surface area contributed by atoms with Gasteiger partial charge < -0.3 is 29.3 Å². The molecule has 2 N–H and O–H groups in total. The first-order valence-electron chi connectivity index (χ1n) is 12.7. The van der Waals surface area contributed by atoms with Gasteiger partial charge in [0.1, 0.15) is 11.5 Å². The van der Waals surface area contributed by atoms with E-state index in [-0.39, 0.29) is 22.8 Å². The lowest BCUT2D eigenvalue weighted by atomic mass is 9.95. The van der Waals surface area contributed by atoms with Crippen molar-refractivity contribution in [3.63, 3.8) is 0 Å². The van der Waals surface area contributed by atoms with Gasteiger partial charge in [0.25, 0.3) is 11.7 Å². The number of nitrogens with zero attached hydrogens (tertiary/aromatic N) is 2. The summed E-state index contributed by atoms with van der Waals surface area (Å²) in [5.41, 5.74) is 0.880. The second kappa shape index (κ2) is 12.6. The summed E-state index contributed by atoms with van der Waals surface area (Å²) in [5.74, 6) is -1.08. The number of benzene rings is 2. The number of aliphatic hydroxyl groups excluding tert-OH is 1. The second-order valence-corrected chi connectivity index (χ2v) is 10.1. The third-order valence-corrected chi connectivity index (χ3v) is 7.29. The molecule has 2 saturated heterocycles. The normalized spacial score (nSPS) is 19.7. The summed E-state index contributed by atoms with van der Waals surface area (Å²) in [6, 6.07) is 9.18. The lowest BCUT2D eigenvalue weighted by Gasteiger charge is -2.29. The predicted molar refractivity (Wildman–Crippen MR) is 145 cm³/mol. The number of ketones is 1. The van der Waals surface area contributed by atoms with Gasteiger partial charge in [-0.2, -0.15) is 0 Å². The van der Waals surface area contributed by atoms with Gasteiger partial charge in [0.05, 0.1) is 43.0 Å². The van der Waals surface area contributed by atoms with Crippen LogP contribution in [0.1, 0.15) is 36.9 Å². The first-order chi connectivity index (χ1) is 18.3. The first kappa shape index (κ1) is 27.9. The van der Waals surface area contributed by atoms with Gasteiger partial charge in [0, 0.05) is 31.7 Å². The molecular formula is C28H33BrN2O7. The van der Waals surface area contributed by atoms with Crippen molar-refractivity contribution in [3.8, 4) is 17.2 Å². The van der Waals surface area contributed by atoms with E-state index < -0.39 is 17.7 Å². The summed E-state index contributed by atoms with van der Waals surface area (Å²) >= 11 is 3.34. The van der Waals surface area contributed by atoms with E-state index in [1.165, 1.54) is 12.0 Å². The van der Waals surface area contributed by atoms with Crippen molar-refractivity contribution in [2.24, 2.45) is 0 Å². The molecule has 0 bridgehead atoms. The van der Waals surface area contributed by atoms with Gasteiger partial charge in [-0.1, -0.05) is 19.1 Å². The molecule has 1 atom stereocenters. The minimum Gasteiger partial charge on any atom is -0.507 e. The number of amides is 1. The Morgan fingerprint density at radius 2 is 1.92 bits per heavy atom. The number of carbonyl (C=O) groups excluding carboxylic acids is 2. The highest BCUT2D eigenvalue weighted by Gasteiger charge is 2.46. The number of aromatic hydroxyl groups is 1. The van der Waals surface area contributed by atoms with Gasteiger partial charge in [0.2, 0.25) is 0 Å². The maximum Gasteiger partial charge on any atom is 0.295 e. The van der Waals surface area contributed by atoms with Crippen LogP contribution >= 0.6 is 15.9 Å². The minimum absolute atomic E-state index is 0.0198. The standard InChI is InChI=1S/C28H33BrN2O7/c1-3-12-38-20-7-4-6-18(15-20)25(32)23-24(19-16-21(29)26(33)22(17-19)36-2)31(28(35)27(23)34)9-5-8-30-10-13-37-14-11-30/h4,6-7,15-17,24,32-33H,3,5,8-14H2,1-2H3/b25-23+. The number of ether oxygens (including phenoxy) is 3. The smallest absolute Gasteiger partial charge is 0.295 e. The van der Waals surface area contributed by atoms with E-state index in [9.17, 15) is 19.8 Å². The third-order valence-electron chi connectivity index (χ3n) is 6.68. The number of phenols is 1. The summed E-state index contributed by atoms with van der Waals surface area (Å²) in [6.45, 7) is 6.55. The van der Waals surface area contributed by atoms with E-state index in [2.05, 4.69) is 20.8 Å². The van der Waals surface area contributed by atoms with Crippen LogP contribution in [0.4, 0.5) is 0 Å². The highest BCUT2D eigenvalue weighted by atomic mass is 79.9. The predicted octanol–water partition coefficient (Wildman–Crippen LogP) is 4.10. The molecule has 2 aliphatic heterocycles. The number of rotatable bonds is 10. The van der Waals surface area contributed by atoms with Crippen LogP contribution in [0.25, 0.3) is 5.76 Å². The van der Waals surface area contributed by atoms with Crippen LogP contribution in [-0.4, -0.2) is 84.8 Å². The summed E-state index contributed by atoms with van der Waals surface area (Å²) in [5, 5.41) is 21.8. The van der Waals surface area contributed by atoms with E-state index in [0.29, 0.717) is 54.1 Å². The molecule has 9 nitrogen and oxygen atoms in total. The van der Waals surface area contributed by atoms with Crippen LogP contribution < -0.4 is 9.47 Å². The number of halogens is 1. The Morgan fingerprint density at radius 3 is 2.63 bits per heavy atom. The summed E-state index contributed by atoms with van der Waals surface area (Å²) in [7, 11) is 1.42. The molecule has 204 valence electrons. The number of morpholine rings is 1. The lowest BCUT2D eigenvalue weighted by molar-refractivity contribution is -0.140. The highest BCUT2D eigenvalue weighted by Crippen LogP contribution is 2.44. The topological polar surface area (TPSA) is 109 Å². The summed E-state index contributed by atoms with van der Waals surface area (Å²) in [6.07, 6.45) is 1.46. The molecule has 1 amide bonds. The van der Waals surface area contributed by atoms with Crippen LogP contribution in [0.2, 0.25) is 0 Å². The van der Waals surface area contributed by atoms with Crippen molar-refractivity contribution in [3.05, 3.63) is 57.6 Å². The maximum atomic E-state index is 13.4. The SMILES string of the molecule is CCCOc1cccc(/C(O)=C2\C(=O)C(=O)N(CCCN3CCOCC3)C2c2cc(Br)c(O)c(OC)c2)c1. The number of phenolic OH excluding ortho intramolecular Hbond substituents is 1. The first-order valence-corrected chi connectivity index (χ1v) is 13.5. The van der Waals surface area contributed by atoms with Gasteiger partial charge in [-0.3, -0.25) is 14.5 Å². The van der Waals surface area contributed by atoms with E-state index in [0.717, 1.165) is 26.1 Å². The molecule has 0 aromatic heterocycles. The average Bonchev–Trinajstić information content (AvgIpc) is 3.18. The van der Waals surface area contributed by atoms with Crippen molar-refractivity contribution in [1.29, 1.82) is 0 Å². The molecule has 38 heavy (non-hydrogen) atoms. The van der Waals surface area contributed by atoms with E-state index in [1.807, 2.05) is 6.92 Å². The number of methoxy groups -OCH3 is 1. The Bertz CT molecular complexity index is 1210. The molecule has 2 fully saturated rings. The van der Waals surface area contributed by atoms with Crippen LogP contribution in [0.5, 0.6) is 17.2 Å². The Hall–Kier alpha value is -3.08. The highest BCUT2D eigenvalue weighted by molar-refractivity contribution is 9.10. The molecule has 2 heterocycles. The van der Waals surface area contributed by atoms with E-state index in [1.54, 1.807) is 36.4 Å². The summed E-state index contributed by atoms with van der Waals surface area (Å²) in [4.78, 5) is 30.4. The molecular weight excluding hydrogens is 556 g/mol. The molecule has 2 aromatic rings. The molecule has 0 saturated carbocycles. The number of aliphatic hydroxyl groups is 1. The van der Waals surface area contributed by atoms with Crippen LogP contribution in [0, 0.1) is 0 Å². The average molecular weight is 589 g/mol. The van der Waals surface area contributed by atoms with Gasteiger partial charge >= 0.3 is 0 Å². The fourth-order valence-corrected chi connectivity index (χ4v) is 5.22. The zero-order valence-corrected chi connectivity index (χ0v) is 23.2. The lowest BCUT2D eigenvalue weighted by Crippen LogP contribution is -2.39. The largest absolute Gasteiger partial charge is 0.507 e. The van der Waals surface area contributed by atoms with Crippen LogP contribution in [0.3, 0.4) is 0 Å². The van der Waals surface area contributed by atoms with Gasteiger partial charge in [-0.15, -0.1) is 0 Å². The van der Waals surface area contributed by atoms with Crippen molar-refractivity contribution in [2.45, 2.75) is 25.8 Å². The zero-order chi connectivity index (χ0) is 27.2.